The molecule has 25 heavy (non-hydrogen) atoms. The molecule has 0 saturated heterocycles. The van der Waals surface area contributed by atoms with Gasteiger partial charge in [0.15, 0.2) is 11.5 Å². The smallest absolute Gasteiger partial charge is 0.320 e. The minimum absolute atomic E-state index is 0.302. The van der Waals surface area contributed by atoms with E-state index >= 15 is 0 Å². The second-order valence-corrected chi connectivity index (χ2v) is 5.24. The molecule has 0 bridgehead atoms. The number of anilines is 1. The van der Waals surface area contributed by atoms with E-state index in [9.17, 15) is 4.79 Å². The van der Waals surface area contributed by atoms with Crippen molar-refractivity contribution < 1.29 is 19.0 Å². The summed E-state index contributed by atoms with van der Waals surface area (Å²) >= 11 is 0. The molecule has 0 saturated carbocycles. The maximum Gasteiger partial charge on any atom is 0.320 e. The highest BCUT2D eigenvalue weighted by Gasteiger charge is 2.14. The zero-order chi connectivity index (χ0) is 18.2. The Labute approximate surface area is 147 Å². The van der Waals surface area contributed by atoms with Crippen molar-refractivity contribution in [3.63, 3.8) is 0 Å². The monoisotopic (exact) mass is 345 g/mol. The molecule has 1 aromatic heterocycles. The number of aromatic nitrogens is 1. The van der Waals surface area contributed by atoms with Crippen LogP contribution in [0, 0.1) is 6.92 Å². The molecule has 7 heteroatoms. The van der Waals surface area contributed by atoms with Crippen LogP contribution in [0.3, 0.4) is 0 Å². The molecule has 2 amide bonds. The number of carbonyl (C=O) groups excluding carboxylic acids is 1. The van der Waals surface area contributed by atoms with Gasteiger partial charge < -0.3 is 19.5 Å². The quantitative estimate of drug-likeness (QED) is 0.806. The lowest BCUT2D eigenvalue weighted by Crippen LogP contribution is -2.28. The van der Waals surface area contributed by atoms with Gasteiger partial charge in [-0.3, -0.25) is 5.32 Å². The molecule has 2 N–H and O–H groups in total. The van der Waals surface area contributed by atoms with E-state index in [2.05, 4.69) is 15.6 Å². The third kappa shape index (κ3) is 4.76. The van der Waals surface area contributed by atoms with Gasteiger partial charge in [0.05, 0.1) is 20.8 Å². The lowest BCUT2D eigenvalue weighted by molar-refractivity contribution is 0.251. The first-order valence-electron chi connectivity index (χ1n) is 7.93. The van der Waals surface area contributed by atoms with Gasteiger partial charge >= 0.3 is 6.03 Å². The number of methoxy groups -OCH3 is 2. The standard InChI is InChI=1S/C18H23N3O4/c1-5-25-16-14(23-3)9-13(10-15(16)24-4)11-20-18(22)21-17-12(2)7-6-8-19-17/h6-10H,5,11H2,1-4H3,(H2,19,20,21,22). The van der Waals surface area contributed by atoms with E-state index in [1.54, 1.807) is 32.5 Å². The summed E-state index contributed by atoms with van der Waals surface area (Å²) in [7, 11) is 3.12. The summed E-state index contributed by atoms with van der Waals surface area (Å²) in [5, 5.41) is 5.51. The van der Waals surface area contributed by atoms with Gasteiger partial charge in [-0.15, -0.1) is 0 Å². The molecular formula is C18H23N3O4. The van der Waals surface area contributed by atoms with Crippen LogP contribution in [0.15, 0.2) is 30.5 Å². The minimum Gasteiger partial charge on any atom is -0.493 e. The number of carbonyl (C=O) groups is 1. The molecule has 1 aromatic carbocycles. The van der Waals surface area contributed by atoms with Crippen molar-refractivity contribution in [1.82, 2.24) is 10.3 Å². The topological polar surface area (TPSA) is 81.7 Å². The second-order valence-electron chi connectivity index (χ2n) is 5.24. The molecule has 0 unspecified atom stereocenters. The molecule has 0 spiro atoms. The van der Waals surface area contributed by atoms with E-state index in [-0.39, 0.29) is 6.03 Å². The largest absolute Gasteiger partial charge is 0.493 e. The van der Waals surface area contributed by atoms with E-state index < -0.39 is 0 Å². The molecule has 134 valence electrons. The molecule has 2 rings (SSSR count). The number of ether oxygens (including phenoxy) is 3. The number of hydrogen-bond acceptors (Lipinski definition) is 5. The van der Waals surface area contributed by atoms with Gasteiger partial charge in [-0.05, 0) is 43.2 Å². The van der Waals surface area contributed by atoms with Gasteiger partial charge in [0.1, 0.15) is 5.82 Å². The van der Waals surface area contributed by atoms with Crippen molar-refractivity contribution >= 4 is 11.8 Å². The molecular weight excluding hydrogens is 322 g/mol. The number of pyridine rings is 1. The Bertz CT molecular complexity index is 709. The second kappa shape index (κ2) is 8.77. The molecule has 0 aliphatic rings. The lowest BCUT2D eigenvalue weighted by atomic mass is 10.2. The van der Waals surface area contributed by atoms with Gasteiger partial charge in [-0.2, -0.15) is 0 Å². The number of urea groups is 1. The number of hydrogen-bond donors (Lipinski definition) is 2. The minimum atomic E-state index is -0.339. The van der Waals surface area contributed by atoms with Crippen molar-refractivity contribution in [3.8, 4) is 17.2 Å². The first kappa shape index (κ1) is 18.4. The zero-order valence-corrected chi connectivity index (χ0v) is 14.9. The van der Waals surface area contributed by atoms with Gasteiger partial charge in [0.2, 0.25) is 5.75 Å². The average molecular weight is 345 g/mol. The highest BCUT2D eigenvalue weighted by molar-refractivity contribution is 5.88. The summed E-state index contributed by atoms with van der Waals surface area (Å²) in [6, 6.07) is 6.97. The Morgan fingerprint density at radius 3 is 2.44 bits per heavy atom. The fraction of sp³-hybridized carbons (Fsp3) is 0.333. The van der Waals surface area contributed by atoms with Gasteiger partial charge in [-0.25, -0.2) is 9.78 Å². The summed E-state index contributed by atoms with van der Waals surface area (Å²) in [5.41, 5.74) is 1.71. The molecule has 7 nitrogen and oxygen atoms in total. The van der Waals surface area contributed by atoms with Crippen LogP contribution in [0.4, 0.5) is 10.6 Å². The van der Waals surface area contributed by atoms with Crippen molar-refractivity contribution in [1.29, 1.82) is 0 Å². The number of benzene rings is 1. The average Bonchev–Trinajstić information content (AvgIpc) is 2.62. The number of amides is 2. The summed E-state index contributed by atoms with van der Waals surface area (Å²) in [6.45, 7) is 4.57. The van der Waals surface area contributed by atoms with E-state index in [0.717, 1.165) is 11.1 Å². The number of rotatable bonds is 7. The predicted octanol–water partition coefficient (Wildman–Crippen LogP) is 3.13. The molecule has 0 aliphatic heterocycles. The predicted molar refractivity (Wildman–Crippen MR) is 95.5 cm³/mol. The normalized spacial score (nSPS) is 10.1. The highest BCUT2D eigenvalue weighted by Crippen LogP contribution is 2.38. The third-order valence-corrected chi connectivity index (χ3v) is 3.50. The Kier molecular flexibility index (Phi) is 6.45. The van der Waals surface area contributed by atoms with Gasteiger partial charge in [-0.1, -0.05) is 6.07 Å². The summed E-state index contributed by atoms with van der Waals surface area (Å²) < 4.78 is 16.3. The number of nitrogens with zero attached hydrogens (tertiary/aromatic N) is 1. The Hall–Kier alpha value is -2.96. The van der Waals surface area contributed by atoms with Crippen LogP contribution in [-0.4, -0.2) is 31.8 Å². The van der Waals surface area contributed by atoms with E-state index in [1.807, 2.05) is 26.0 Å². The lowest BCUT2D eigenvalue weighted by Gasteiger charge is -2.15. The van der Waals surface area contributed by atoms with Crippen LogP contribution >= 0.6 is 0 Å². The maximum absolute atomic E-state index is 12.1. The van der Waals surface area contributed by atoms with Crippen molar-refractivity contribution in [3.05, 3.63) is 41.6 Å². The van der Waals surface area contributed by atoms with Crippen LogP contribution in [0.5, 0.6) is 17.2 Å². The summed E-state index contributed by atoms with van der Waals surface area (Å²) in [5.74, 6) is 2.18. The summed E-state index contributed by atoms with van der Waals surface area (Å²) in [4.78, 5) is 16.2. The third-order valence-electron chi connectivity index (χ3n) is 3.50. The van der Waals surface area contributed by atoms with Crippen molar-refractivity contribution in [2.45, 2.75) is 20.4 Å². The fourth-order valence-electron chi connectivity index (χ4n) is 2.27. The highest BCUT2D eigenvalue weighted by atomic mass is 16.5. The summed E-state index contributed by atoms with van der Waals surface area (Å²) in [6.07, 6.45) is 1.63. The first-order valence-corrected chi connectivity index (χ1v) is 7.93. The number of aryl methyl sites for hydroxylation is 1. The molecule has 0 radical (unpaired) electrons. The Morgan fingerprint density at radius 1 is 1.20 bits per heavy atom. The molecule has 0 fully saturated rings. The Morgan fingerprint density at radius 2 is 1.88 bits per heavy atom. The van der Waals surface area contributed by atoms with Gasteiger partial charge in [0, 0.05) is 12.7 Å². The zero-order valence-electron chi connectivity index (χ0n) is 14.9. The Balaban J connectivity index is 2.07. The fourth-order valence-corrected chi connectivity index (χ4v) is 2.27. The molecule has 0 aliphatic carbocycles. The van der Waals surface area contributed by atoms with Crippen LogP contribution < -0.4 is 24.8 Å². The van der Waals surface area contributed by atoms with Gasteiger partial charge in [0.25, 0.3) is 0 Å². The van der Waals surface area contributed by atoms with Crippen molar-refractivity contribution in [2.75, 3.05) is 26.1 Å². The SMILES string of the molecule is CCOc1c(OC)cc(CNC(=O)Nc2ncccc2C)cc1OC. The first-order chi connectivity index (χ1) is 12.1. The van der Waals surface area contributed by atoms with Crippen LogP contribution in [0.1, 0.15) is 18.1 Å². The van der Waals surface area contributed by atoms with E-state index in [1.165, 1.54) is 0 Å². The maximum atomic E-state index is 12.1. The molecule has 0 atom stereocenters. The van der Waals surface area contributed by atoms with Crippen molar-refractivity contribution in [2.24, 2.45) is 0 Å². The van der Waals surface area contributed by atoms with Crippen LogP contribution in [-0.2, 0) is 6.54 Å². The molecule has 1 heterocycles. The van der Waals surface area contributed by atoms with E-state index in [4.69, 9.17) is 14.2 Å². The van der Waals surface area contributed by atoms with Crippen LogP contribution in [0.2, 0.25) is 0 Å². The van der Waals surface area contributed by atoms with Crippen LogP contribution in [0.25, 0.3) is 0 Å². The van der Waals surface area contributed by atoms with E-state index in [0.29, 0.717) is 36.2 Å². The number of nitrogens with one attached hydrogen (secondary N) is 2. The molecule has 2 aromatic rings.